The molecular formula is C21H21N3O2. The number of nitriles is 1. The maximum atomic E-state index is 12.3. The zero-order valence-electron chi connectivity index (χ0n) is 14.8. The van der Waals surface area contributed by atoms with Crippen LogP contribution in [0.25, 0.3) is 0 Å². The number of benzene rings is 2. The minimum Gasteiger partial charge on any atom is -0.495 e. The van der Waals surface area contributed by atoms with E-state index in [1.165, 1.54) is 12.8 Å². The molecule has 1 N–H and O–H groups in total. The highest BCUT2D eigenvalue weighted by molar-refractivity contribution is 5.96. The van der Waals surface area contributed by atoms with E-state index in [0.29, 0.717) is 12.0 Å². The number of methoxy groups -OCH3 is 1. The van der Waals surface area contributed by atoms with Gasteiger partial charge in [-0.25, -0.2) is 0 Å². The van der Waals surface area contributed by atoms with Crippen molar-refractivity contribution in [3.63, 3.8) is 0 Å². The van der Waals surface area contributed by atoms with Crippen molar-refractivity contribution in [2.45, 2.75) is 25.2 Å². The second kappa shape index (κ2) is 6.72. The van der Waals surface area contributed by atoms with Crippen LogP contribution in [0, 0.1) is 11.3 Å². The van der Waals surface area contributed by atoms with Crippen LogP contribution in [0.5, 0.6) is 5.75 Å². The van der Waals surface area contributed by atoms with Gasteiger partial charge in [-0.2, -0.15) is 5.26 Å². The van der Waals surface area contributed by atoms with E-state index in [0.717, 1.165) is 41.3 Å². The average molecular weight is 347 g/mol. The third-order valence-corrected chi connectivity index (χ3v) is 5.29. The number of ether oxygens (including phenoxy) is 1. The number of carbonyl (C=O) groups is 1. The van der Waals surface area contributed by atoms with E-state index in [4.69, 9.17) is 4.74 Å². The Balaban J connectivity index is 1.86. The number of rotatable bonds is 3. The normalized spacial score (nSPS) is 18.8. The molecule has 1 amide bonds. The fourth-order valence-corrected chi connectivity index (χ4v) is 4.03. The van der Waals surface area contributed by atoms with Crippen molar-refractivity contribution < 1.29 is 9.53 Å². The van der Waals surface area contributed by atoms with E-state index in [-0.39, 0.29) is 11.8 Å². The van der Waals surface area contributed by atoms with Gasteiger partial charge in [0.05, 0.1) is 24.4 Å². The summed E-state index contributed by atoms with van der Waals surface area (Å²) in [5, 5.41) is 12.5. The van der Waals surface area contributed by atoms with Crippen LogP contribution in [0.4, 0.5) is 11.4 Å². The Bertz CT molecular complexity index is 895. The number of anilines is 2. The van der Waals surface area contributed by atoms with E-state index >= 15 is 0 Å². The Hall–Kier alpha value is -3.00. The van der Waals surface area contributed by atoms with Gasteiger partial charge in [0.2, 0.25) is 5.91 Å². The molecule has 132 valence electrons. The lowest BCUT2D eigenvalue weighted by atomic mass is 9.82. The summed E-state index contributed by atoms with van der Waals surface area (Å²) in [6.45, 7) is 2.03. The standard InChI is InChI=1S/C21H21N3O2/c1-26-20-12-18-17(10-19(20)24-8-4-5-9-24)16(11-21(25)23-18)15-7-3-2-6-14(15)13-22/h2-3,6-7,10,12,16H,4-5,8-9,11H2,1H3,(H,23,25). The van der Waals surface area contributed by atoms with E-state index in [1.807, 2.05) is 30.3 Å². The van der Waals surface area contributed by atoms with Gasteiger partial charge in [-0.1, -0.05) is 18.2 Å². The summed E-state index contributed by atoms with van der Waals surface area (Å²) in [6.07, 6.45) is 2.70. The molecule has 4 rings (SSSR count). The summed E-state index contributed by atoms with van der Waals surface area (Å²) in [5.41, 5.74) is 4.42. The molecule has 0 spiro atoms. The highest BCUT2D eigenvalue weighted by atomic mass is 16.5. The van der Waals surface area contributed by atoms with E-state index in [9.17, 15) is 10.1 Å². The summed E-state index contributed by atoms with van der Waals surface area (Å²) in [6, 6.07) is 13.9. The van der Waals surface area contributed by atoms with Crippen molar-refractivity contribution in [2.75, 3.05) is 30.4 Å². The topological polar surface area (TPSA) is 65.4 Å². The first kappa shape index (κ1) is 16.5. The highest BCUT2D eigenvalue weighted by Gasteiger charge is 2.30. The molecule has 26 heavy (non-hydrogen) atoms. The number of carbonyl (C=O) groups excluding carboxylic acids is 1. The molecule has 2 aromatic carbocycles. The Kier molecular flexibility index (Phi) is 4.26. The molecule has 0 aromatic heterocycles. The SMILES string of the molecule is COc1cc2c(cc1N1CCCC1)C(c1ccccc1C#N)CC(=O)N2. The maximum Gasteiger partial charge on any atom is 0.225 e. The molecule has 2 aliphatic rings. The molecule has 0 bridgehead atoms. The summed E-state index contributed by atoms with van der Waals surface area (Å²) >= 11 is 0. The van der Waals surface area contributed by atoms with Crippen molar-refractivity contribution in [1.29, 1.82) is 5.26 Å². The van der Waals surface area contributed by atoms with Gasteiger partial charge in [0.1, 0.15) is 5.75 Å². The monoisotopic (exact) mass is 347 g/mol. The number of hydrogen-bond acceptors (Lipinski definition) is 4. The van der Waals surface area contributed by atoms with Crippen LogP contribution in [0.2, 0.25) is 0 Å². The van der Waals surface area contributed by atoms with E-state index in [2.05, 4.69) is 22.4 Å². The van der Waals surface area contributed by atoms with Gasteiger partial charge in [-0.15, -0.1) is 0 Å². The van der Waals surface area contributed by atoms with Crippen molar-refractivity contribution in [2.24, 2.45) is 0 Å². The zero-order valence-corrected chi connectivity index (χ0v) is 14.8. The Morgan fingerprint density at radius 1 is 1.19 bits per heavy atom. The van der Waals surface area contributed by atoms with Crippen molar-refractivity contribution in [3.8, 4) is 11.8 Å². The fraction of sp³-hybridized carbons (Fsp3) is 0.333. The van der Waals surface area contributed by atoms with Gasteiger partial charge in [-0.3, -0.25) is 4.79 Å². The van der Waals surface area contributed by atoms with Crippen LogP contribution in [-0.4, -0.2) is 26.1 Å². The van der Waals surface area contributed by atoms with Crippen molar-refractivity contribution in [1.82, 2.24) is 0 Å². The average Bonchev–Trinajstić information content (AvgIpc) is 3.20. The molecule has 2 heterocycles. The Morgan fingerprint density at radius 2 is 1.96 bits per heavy atom. The van der Waals surface area contributed by atoms with Gasteiger partial charge in [0.15, 0.2) is 0 Å². The lowest BCUT2D eigenvalue weighted by Gasteiger charge is -2.30. The van der Waals surface area contributed by atoms with Crippen LogP contribution in [-0.2, 0) is 4.79 Å². The van der Waals surface area contributed by atoms with Crippen LogP contribution >= 0.6 is 0 Å². The van der Waals surface area contributed by atoms with Crippen LogP contribution in [0.1, 0.15) is 41.9 Å². The van der Waals surface area contributed by atoms with Crippen LogP contribution in [0.15, 0.2) is 36.4 Å². The van der Waals surface area contributed by atoms with Crippen molar-refractivity contribution in [3.05, 3.63) is 53.1 Å². The molecule has 2 aliphatic heterocycles. The van der Waals surface area contributed by atoms with Gasteiger partial charge in [0.25, 0.3) is 0 Å². The van der Waals surface area contributed by atoms with Gasteiger partial charge in [-0.05, 0) is 36.1 Å². The summed E-state index contributed by atoms with van der Waals surface area (Å²) in [7, 11) is 1.66. The third-order valence-electron chi connectivity index (χ3n) is 5.29. The molecule has 1 atom stereocenters. The number of nitrogens with zero attached hydrogens (tertiary/aromatic N) is 2. The lowest BCUT2D eigenvalue weighted by molar-refractivity contribution is -0.116. The first-order valence-electron chi connectivity index (χ1n) is 8.97. The zero-order chi connectivity index (χ0) is 18.1. The third kappa shape index (κ3) is 2.78. The van der Waals surface area contributed by atoms with Crippen molar-refractivity contribution >= 4 is 17.3 Å². The molecule has 5 nitrogen and oxygen atoms in total. The molecule has 0 saturated carbocycles. The lowest BCUT2D eigenvalue weighted by Crippen LogP contribution is -2.25. The molecule has 0 radical (unpaired) electrons. The highest BCUT2D eigenvalue weighted by Crippen LogP contribution is 2.44. The Morgan fingerprint density at radius 3 is 2.69 bits per heavy atom. The number of fused-ring (bicyclic) bond motifs is 1. The molecule has 0 aliphatic carbocycles. The summed E-state index contributed by atoms with van der Waals surface area (Å²) in [5.74, 6) is 0.619. The number of amides is 1. The predicted octanol–water partition coefficient (Wildman–Crippen LogP) is 3.64. The predicted molar refractivity (Wildman–Crippen MR) is 101 cm³/mol. The first-order valence-corrected chi connectivity index (χ1v) is 8.97. The van der Waals surface area contributed by atoms with Gasteiger partial charge < -0.3 is 15.0 Å². The quantitative estimate of drug-likeness (QED) is 0.920. The Labute approximate surface area is 153 Å². The van der Waals surface area contributed by atoms with E-state index < -0.39 is 0 Å². The molecule has 1 saturated heterocycles. The van der Waals surface area contributed by atoms with Crippen LogP contribution < -0.4 is 15.0 Å². The minimum atomic E-state index is -0.123. The van der Waals surface area contributed by atoms with Crippen LogP contribution in [0.3, 0.4) is 0 Å². The largest absolute Gasteiger partial charge is 0.495 e. The molecule has 1 unspecified atom stereocenters. The second-order valence-electron chi connectivity index (χ2n) is 6.81. The summed E-state index contributed by atoms with van der Waals surface area (Å²) < 4.78 is 5.60. The molecule has 2 aromatic rings. The first-order chi connectivity index (χ1) is 12.7. The van der Waals surface area contributed by atoms with Gasteiger partial charge >= 0.3 is 0 Å². The summed E-state index contributed by atoms with van der Waals surface area (Å²) in [4.78, 5) is 14.6. The van der Waals surface area contributed by atoms with Gasteiger partial charge in [0, 0.05) is 37.2 Å². The van der Waals surface area contributed by atoms with E-state index in [1.54, 1.807) is 7.11 Å². The molecule has 1 fully saturated rings. The maximum absolute atomic E-state index is 12.3. The second-order valence-corrected chi connectivity index (χ2v) is 6.81. The number of hydrogen-bond donors (Lipinski definition) is 1. The number of nitrogens with one attached hydrogen (secondary N) is 1. The molecular weight excluding hydrogens is 326 g/mol. The fourth-order valence-electron chi connectivity index (χ4n) is 4.03. The molecule has 5 heteroatoms. The minimum absolute atomic E-state index is 0.0359. The smallest absolute Gasteiger partial charge is 0.225 e.